The van der Waals surface area contributed by atoms with E-state index >= 15 is 0 Å². The minimum Gasteiger partial charge on any atom is -0.338 e. The largest absolute Gasteiger partial charge is 0.338 e. The molecule has 0 fully saturated rings. The van der Waals surface area contributed by atoms with E-state index in [0.717, 1.165) is 22.9 Å². The lowest BCUT2D eigenvalue weighted by atomic mass is 10.1. The summed E-state index contributed by atoms with van der Waals surface area (Å²) in [5.74, 6) is 0. The first-order valence-electron chi connectivity index (χ1n) is 7.24. The van der Waals surface area contributed by atoms with Crippen molar-refractivity contribution in [3.63, 3.8) is 0 Å². The predicted octanol–water partition coefficient (Wildman–Crippen LogP) is 4.35. The van der Waals surface area contributed by atoms with E-state index in [9.17, 15) is 4.79 Å². The van der Waals surface area contributed by atoms with Crippen LogP contribution in [0.2, 0.25) is 0 Å². The summed E-state index contributed by atoms with van der Waals surface area (Å²) in [7, 11) is 0. The zero-order valence-corrected chi connectivity index (χ0v) is 13.8. The third kappa shape index (κ3) is 6.14. The fourth-order valence-electron chi connectivity index (χ4n) is 1.98. The summed E-state index contributed by atoms with van der Waals surface area (Å²) in [5, 5.41) is 5.54. The maximum atomic E-state index is 11.6. The lowest BCUT2D eigenvalue weighted by molar-refractivity contribution is 0.244. The van der Waals surface area contributed by atoms with Gasteiger partial charge < -0.3 is 10.6 Å². The first kappa shape index (κ1) is 16.3. The van der Waals surface area contributed by atoms with Crippen molar-refractivity contribution in [2.24, 2.45) is 0 Å². The minimum atomic E-state index is -0.179. The SMILES string of the molecule is O=C(N/C=C/c1ccc(Br)cc1)NCCCc1ccccc1. The van der Waals surface area contributed by atoms with Gasteiger partial charge in [-0.05, 0) is 42.2 Å². The number of amides is 2. The molecule has 2 amide bonds. The highest BCUT2D eigenvalue weighted by Crippen LogP contribution is 2.11. The fourth-order valence-corrected chi connectivity index (χ4v) is 2.24. The van der Waals surface area contributed by atoms with Crippen molar-refractivity contribution < 1.29 is 4.79 Å². The summed E-state index contributed by atoms with van der Waals surface area (Å²) in [6, 6.07) is 18.0. The van der Waals surface area contributed by atoms with E-state index in [2.05, 4.69) is 38.7 Å². The number of carbonyl (C=O) groups excluding carboxylic acids is 1. The molecule has 0 unspecified atom stereocenters. The van der Waals surface area contributed by atoms with Gasteiger partial charge in [-0.3, -0.25) is 0 Å². The fraction of sp³-hybridized carbons (Fsp3) is 0.167. The van der Waals surface area contributed by atoms with Crippen LogP contribution in [0.15, 0.2) is 65.3 Å². The van der Waals surface area contributed by atoms with Crippen molar-refractivity contribution in [1.82, 2.24) is 10.6 Å². The summed E-state index contributed by atoms with van der Waals surface area (Å²) in [5.41, 5.74) is 2.33. The Morgan fingerprint density at radius 1 is 1.05 bits per heavy atom. The van der Waals surface area contributed by atoms with Crippen LogP contribution in [-0.4, -0.2) is 12.6 Å². The second-order valence-electron chi connectivity index (χ2n) is 4.87. The number of rotatable bonds is 6. The van der Waals surface area contributed by atoms with Crippen LogP contribution in [0.3, 0.4) is 0 Å². The Morgan fingerprint density at radius 2 is 1.77 bits per heavy atom. The zero-order chi connectivity index (χ0) is 15.6. The third-order valence-electron chi connectivity index (χ3n) is 3.13. The molecular weight excluding hydrogens is 340 g/mol. The third-order valence-corrected chi connectivity index (χ3v) is 3.66. The molecule has 3 nitrogen and oxygen atoms in total. The molecular formula is C18H19BrN2O. The molecule has 0 aliphatic carbocycles. The van der Waals surface area contributed by atoms with Crippen molar-refractivity contribution in [3.8, 4) is 0 Å². The van der Waals surface area contributed by atoms with Crippen LogP contribution in [0.25, 0.3) is 6.08 Å². The van der Waals surface area contributed by atoms with E-state index in [1.165, 1.54) is 5.56 Å². The molecule has 114 valence electrons. The number of hydrogen-bond acceptors (Lipinski definition) is 1. The van der Waals surface area contributed by atoms with Crippen LogP contribution in [0, 0.1) is 0 Å². The van der Waals surface area contributed by atoms with Gasteiger partial charge in [0.1, 0.15) is 0 Å². The van der Waals surface area contributed by atoms with Crippen molar-refractivity contribution in [2.45, 2.75) is 12.8 Å². The van der Waals surface area contributed by atoms with Gasteiger partial charge in [-0.15, -0.1) is 0 Å². The Morgan fingerprint density at radius 3 is 2.50 bits per heavy atom. The number of nitrogens with one attached hydrogen (secondary N) is 2. The average Bonchev–Trinajstić information content (AvgIpc) is 2.54. The Hall–Kier alpha value is -2.07. The maximum absolute atomic E-state index is 11.6. The number of aryl methyl sites for hydroxylation is 1. The second-order valence-corrected chi connectivity index (χ2v) is 5.79. The zero-order valence-electron chi connectivity index (χ0n) is 12.3. The molecule has 0 saturated heterocycles. The van der Waals surface area contributed by atoms with E-state index in [-0.39, 0.29) is 6.03 Å². The molecule has 2 aromatic carbocycles. The number of benzene rings is 2. The Kier molecular flexibility index (Phi) is 6.71. The maximum Gasteiger partial charge on any atom is 0.318 e. The van der Waals surface area contributed by atoms with Gasteiger partial charge in [0.25, 0.3) is 0 Å². The molecule has 2 N–H and O–H groups in total. The highest BCUT2D eigenvalue weighted by Gasteiger charge is 1.97. The van der Waals surface area contributed by atoms with Crippen molar-refractivity contribution >= 4 is 28.0 Å². The van der Waals surface area contributed by atoms with Crippen LogP contribution in [0.5, 0.6) is 0 Å². The quantitative estimate of drug-likeness (QED) is 0.740. The Balaban J connectivity index is 1.62. The van der Waals surface area contributed by atoms with Crippen LogP contribution < -0.4 is 10.6 Å². The first-order chi connectivity index (χ1) is 10.7. The smallest absolute Gasteiger partial charge is 0.318 e. The van der Waals surface area contributed by atoms with Gasteiger partial charge in [0.05, 0.1) is 0 Å². The highest BCUT2D eigenvalue weighted by atomic mass is 79.9. The number of hydrogen-bond donors (Lipinski definition) is 2. The van der Waals surface area contributed by atoms with Gasteiger partial charge in [-0.2, -0.15) is 0 Å². The number of urea groups is 1. The van der Waals surface area contributed by atoms with Gasteiger partial charge in [-0.1, -0.05) is 58.4 Å². The molecule has 2 rings (SSSR count). The van der Waals surface area contributed by atoms with E-state index in [1.54, 1.807) is 6.20 Å². The van der Waals surface area contributed by atoms with Crippen LogP contribution in [0.4, 0.5) is 4.79 Å². The Labute approximate surface area is 139 Å². The monoisotopic (exact) mass is 358 g/mol. The van der Waals surface area contributed by atoms with Crippen LogP contribution in [-0.2, 0) is 6.42 Å². The van der Waals surface area contributed by atoms with Crippen LogP contribution in [0.1, 0.15) is 17.5 Å². The summed E-state index contributed by atoms with van der Waals surface area (Å²) < 4.78 is 1.04. The molecule has 0 spiro atoms. The second kappa shape index (κ2) is 9.05. The van der Waals surface area contributed by atoms with E-state index in [4.69, 9.17) is 0 Å². The van der Waals surface area contributed by atoms with Gasteiger partial charge in [0.2, 0.25) is 0 Å². The molecule has 4 heteroatoms. The molecule has 0 saturated carbocycles. The van der Waals surface area contributed by atoms with Gasteiger partial charge >= 0.3 is 6.03 Å². The van der Waals surface area contributed by atoms with Crippen LogP contribution >= 0.6 is 15.9 Å². The summed E-state index contributed by atoms with van der Waals surface area (Å²) in [6.45, 7) is 0.660. The molecule has 0 aromatic heterocycles. The van der Waals surface area contributed by atoms with Gasteiger partial charge in [0, 0.05) is 17.2 Å². The lowest BCUT2D eigenvalue weighted by Gasteiger charge is -2.04. The van der Waals surface area contributed by atoms with Crippen molar-refractivity contribution in [2.75, 3.05) is 6.54 Å². The molecule has 0 heterocycles. The number of carbonyl (C=O) groups is 1. The topological polar surface area (TPSA) is 41.1 Å². The first-order valence-corrected chi connectivity index (χ1v) is 8.04. The average molecular weight is 359 g/mol. The summed E-state index contributed by atoms with van der Waals surface area (Å²) in [4.78, 5) is 11.6. The van der Waals surface area contributed by atoms with E-state index in [0.29, 0.717) is 6.54 Å². The molecule has 0 aliphatic heterocycles. The lowest BCUT2D eigenvalue weighted by Crippen LogP contribution is -2.32. The molecule has 2 aromatic rings. The molecule has 0 atom stereocenters. The number of halogens is 1. The normalized spacial score (nSPS) is 10.6. The molecule has 0 bridgehead atoms. The Bertz CT molecular complexity index is 609. The van der Waals surface area contributed by atoms with Gasteiger partial charge in [0.15, 0.2) is 0 Å². The standard InChI is InChI=1S/C18H19BrN2O/c19-17-10-8-16(9-11-17)12-14-21-18(22)20-13-4-7-15-5-2-1-3-6-15/h1-3,5-6,8-12,14H,4,7,13H2,(H2,20,21,22)/b14-12+. The van der Waals surface area contributed by atoms with Crippen molar-refractivity contribution in [3.05, 3.63) is 76.4 Å². The summed E-state index contributed by atoms with van der Waals surface area (Å²) >= 11 is 3.39. The highest BCUT2D eigenvalue weighted by molar-refractivity contribution is 9.10. The van der Waals surface area contributed by atoms with E-state index < -0.39 is 0 Å². The minimum absolute atomic E-state index is 0.179. The van der Waals surface area contributed by atoms with E-state index in [1.807, 2.05) is 48.5 Å². The molecule has 22 heavy (non-hydrogen) atoms. The molecule has 0 aliphatic rings. The predicted molar refractivity (Wildman–Crippen MR) is 94.5 cm³/mol. The summed E-state index contributed by atoms with van der Waals surface area (Å²) in [6.07, 6.45) is 5.40. The molecule has 0 radical (unpaired) electrons. The van der Waals surface area contributed by atoms with Crippen molar-refractivity contribution in [1.29, 1.82) is 0 Å². The van der Waals surface area contributed by atoms with Gasteiger partial charge in [-0.25, -0.2) is 4.79 Å².